The van der Waals surface area contributed by atoms with Crippen LogP contribution >= 0.6 is 0 Å². The Hall–Kier alpha value is -3.48. The third-order valence-electron chi connectivity index (χ3n) is 3.54. The summed E-state index contributed by atoms with van der Waals surface area (Å²) in [5, 5.41) is 8.95. The van der Waals surface area contributed by atoms with Crippen LogP contribution in [0.3, 0.4) is 0 Å². The lowest BCUT2D eigenvalue weighted by molar-refractivity contribution is 0.0964. The van der Waals surface area contributed by atoms with Crippen molar-refractivity contribution in [2.75, 3.05) is 17.7 Å². The van der Waals surface area contributed by atoms with Gasteiger partial charge >= 0.3 is 0 Å². The summed E-state index contributed by atoms with van der Waals surface area (Å²) in [5.41, 5.74) is 2.88. The molecule has 2 heterocycles. The molecule has 0 fully saturated rings. The van der Waals surface area contributed by atoms with Gasteiger partial charge in [-0.25, -0.2) is 4.98 Å². The molecule has 0 bridgehead atoms. The van der Waals surface area contributed by atoms with E-state index in [9.17, 15) is 4.79 Å². The molecule has 0 saturated carbocycles. The highest BCUT2D eigenvalue weighted by molar-refractivity contribution is 6.00. The summed E-state index contributed by atoms with van der Waals surface area (Å²) in [6, 6.07) is 11.0. The molecule has 0 saturated heterocycles. The molecule has 25 heavy (non-hydrogen) atoms. The summed E-state index contributed by atoms with van der Waals surface area (Å²) in [7, 11) is 1.60. The Morgan fingerprint density at radius 1 is 1.04 bits per heavy atom. The number of para-hydroxylation sites is 1. The van der Waals surface area contributed by atoms with Crippen LogP contribution in [0.2, 0.25) is 0 Å². The molecule has 0 radical (unpaired) electrons. The lowest BCUT2D eigenvalue weighted by Crippen LogP contribution is -2.19. The quantitative estimate of drug-likeness (QED) is 0.664. The van der Waals surface area contributed by atoms with Crippen molar-refractivity contribution in [3.8, 4) is 0 Å². The van der Waals surface area contributed by atoms with Crippen LogP contribution in [-0.4, -0.2) is 27.9 Å². The number of aromatic nitrogens is 3. The van der Waals surface area contributed by atoms with E-state index < -0.39 is 0 Å². The van der Waals surface area contributed by atoms with Gasteiger partial charge in [-0.2, -0.15) is 4.98 Å². The number of nitrogens with one attached hydrogen (secondary N) is 3. The fourth-order valence-electron chi connectivity index (χ4n) is 2.25. The minimum absolute atomic E-state index is 0.163. The van der Waals surface area contributed by atoms with Gasteiger partial charge in [0.25, 0.3) is 5.91 Å². The predicted molar refractivity (Wildman–Crippen MR) is 97.4 cm³/mol. The topological polar surface area (TPSA) is 91.8 Å². The van der Waals surface area contributed by atoms with Gasteiger partial charge < -0.3 is 16.0 Å². The van der Waals surface area contributed by atoms with Gasteiger partial charge in [-0.15, -0.1) is 0 Å². The van der Waals surface area contributed by atoms with E-state index in [0.717, 1.165) is 11.3 Å². The van der Waals surface area contributed by atoms with Gasteiger partial charge in [0.05, 0.1) is 23.1 Å². The van der Waals surface area contributed by atoms with E-state index in [1.165, 1.54) is 0 Å². The van der Waals surface area contributed by atoms with Crippen LogP contribution in [0.1, 0.15) is 15.9 Å². The molecule has 7 nitrogen and oxygen atoms in total. The second-order valence-electron chi connectivity index (χ2n) is 5.34. The van der Waals surface area contributed by atoms with Crippen molar-refractivity contribution in [3.05, 3.63) is 66.1 Å². The van der Waals surface area contributed by atoms with Gasteiger partial charge in [-0.05, 0) is 31.2 Å². The van der Waals surface area contributed by atoms with Crippen molar-refractivity contribution in [1.82, 2.24) is 20.3 Å². The molecule has 0 atom stereocenters. The van der Waals surface area contributed by atoms with Crippen molar-refractivity contribution >= 4 is 29.0 Å². The maximum atomic E-state index is 12.0. The van der Waals surface area contributed by atoms with Crippen molar-refractivity contribution in [1.29, 1.82) is 0 Å². The molecule has 3 aromatic rings. The SMILES string of the molecule is CNC(=O)c1ccccc1Nc1nc(Nc2cccnc2)ncc1C. The Morgan fingerprint density at radius 3 is 2.64 bits per heavy atom. The third kappa shape index (κ3) is 3.89. The average molecular weight is 334 g/mol. The summed E-state index contributed by atoms with van der Waals surface area (Å²) < 4.78 is 0. The molecule has 0 aliphatic heterocycles. The molecule has 1 amide bonds. The maximum absolute atomic E-state index is 12.0. The number of carbonyl (C=O) groups excluding carboxylic acids is 1. The van der Waals surface area contributed by atoms with Gasteiger partial charge in [0, 0.05) is 25.0 Å². The molecule has 3 N–H and O–H groups in total. The number of amides is 1. The number of pyridine rings is 1. The third-order valence-corrected chi connectivity index (χ3v) is 3.54. The Morgan fingerprint density at radius 2 is 1.88 bits per heavy atom. The molecule has 126 valence electrons. The van der Waals surface area contributed by atoms with Crippen LogP contribution in [0.4, 0.5) is 23.1 Å². The second kappa shape index (κ2) is 7.39. The number of aryl methyl sites for hydroxylation is 1. The molecule has 0 aliphatic rings. The summed E-state index contributed by atoms with van der Waals surface area (Å²) in [5.74, 6) is 0.903. The minimum atomic E-state index is -0.163. The lowest BCUT2D eigenvalue weighted by atomic mass is 10.1. The number of carbonyl (C=O) groups is 1. The number of hydrogen-bond donors (Lipinski definition) is 3. The molecule has 3 rings (SSSR count). The predicted octanol–water partition coefficient (Wildman–Crippen LogP) is 3.03. The summed E-state index contributed by atoms with van der Waals surface area (Å²) in [6.45, 7) is 1.90. The van der Waals surface area contributed by atoms with Crippen molar-refractivity contribution < 1.29 is 4.79 Å². The first-order chi connectivity index (χ1) is 12.2. The molecule has 7 heteroatoms. The second-order valence-corrected chi connectivity index (χ2v) is 5.34. The lowest BCUT2D eigenvalue weighted by Gasteiger charge is -2.13. The Labute approximate surface area is 145 Å². The van der Waals surface area contributed by atoms with E-state index in [2.05, 4.69) is 30.9 Å². The van der Waals surface area contributed by atoms with Crippen molar-refractivity contribution in [3.63, 3.8) is 0 Å². The van der Waals surface area contributed by atoms with E-state index in [-0.39, 0.29) is 5.91 Å². The summed E-state index contributed by atoms with van der Waals surface area (Å²) in [4.78, 5) is 24.8. The number of rotatable bonds is 5. The van der Waals surface area contributed by atoms with E-state index in [4.69, 9.17) is 0 Å². The Bertz CT molecular complexity index is 882. The van der Waals surface area contributed by atoms with Crippen LogP contribution in [-0.2, 0) is 0 Å². The zero-order chi connectivity index (χ0) is 17.6. The average Bonchev–Trinajstić information content (AvgIpc) is 2.65. The first kappa shape index (κ1) is 16.4. The van der Waals surface area contributed by atoms with Gasteiger partial charge in [-0.1, -0.05) is 12.1 Å². The van der Waals surface area contributed by atoms with Gasteiger partial charge in [0.2, 0.25) is 5.95 Å². The van der Waals surface area contributed by atoms with E-state index >= 15 is 0 Å². The zero-order valence-corrected chi connectivity index (χ0v) is 13.9. The van der Waals surface area contributed by atoms with Gasteiger partial charge in [0.15, 0.2) is 0 Å². The van der Waals surface area contributed by atoms with Gasteiger partial charge in [-0.3, -0.25) is 9.78 Å². The van der Waals surface area contributed by atoms with E-state index in [1.54, 1.807) is 31.7 Å². The van der Waals surface area contributed by atoms with Crippen LogP contribution in [0.5, 0.6) is 0 Å². The number of benzene rings is 1. The molecular weight excluding hydrogens is 316 g/mol. The molecule has 1 aromatic carbocycles. The van der Waals surface area contributed by atoms with Crippen LogP contribution in [0, 0.1) is 6.92 Å². The largest absolute Gasteiger partial charge is 0.355 e. The molecule has 2 aromatic heterocycles. The maximum Gasteiger partial charge on any atom is 0.253 e. The highest BCUT2D eigenvalue weighted by Crippen LogP contribution is 2.23. The summed E-state index contributed by atoms with van der Waals surface area (Å²) in [6.07, 6.45) is 5.11. The van der Waals surface area contributed by atoms with Crippen LogP contribution in [0.15, 0.2) is 55.0 Å². The van der Waals surface area contributed by atoms with Gasteiger partial charge in [0.1, 0.15) is 5.82 Å². The highest BCUT2D eigenvalue weighted by Gasteiger charge is 2.11. The Kier molecular flexibility index (Phi) is 4.84. The van der Waals surface area contributed by atoms with Crippen LogP contribution in [0.25, 0.3) is 0 Å². The Balaban J connectivity index is 1.88. The standard InChI is InChI=1S/C18H18N6O/c1-12-10-21-18(22-13-6-5-9-20-11-13)24-16(12)23-15-8-4-3-7-14(15)17(25)19-2/h3-11H,1-2H3,(H,19,25)(H2,21,22,23,24). The zero-order valence-electron chi connectivity index (χ0n) is 13.9. The molecule has 0 aliphatic carbocycles. The smallest absolute Gasteiger partial charge is 0.253 e. The monoisotopic (exact) mass is 334 g/mol. The van der Waals surface area contributed by atoms with E-state index in [1.807, 2.05) is 37.3 Å². The summed E-state index contributed by atoms with van der Waals surface area (Å²) >= 11 is 0. The van der Waals surface area contributed by atoms with Crippen LogP contribution < -0.4 is 16.0 Å². The molecule has 0 spiro atoms. The van der Waals surface area contributed by atoms with E-state index in [0.29, 0.717) is 23.0 Å². The molecule has 0 unspecified atom stereocenters. The molecular formula is C18H18N6O. The number of hydrogen-bond acceptors (Lipinski definition) is 6. The number of nitrogens with zero attached hydrogens (tertiary/aromatic N) is 3. The number of anilines is 4. The van der Waals surface area contributed by atoms with Crippen molar-refractivity contribution in [2.45, 2.75) is 6.92 Å². The first-order valence-corrected chi connectivity index (χ1v) is 7.76. The van der Waals surface area contributed by atoms with Crippen molar-refractivity contribution in [2.24, 2.45) is 0 Å². The minimum Gasteiger partial charge on any atom is -0.355 e. The highest BCUT2D eigenvalue weighted by atomic mass is 16.1. The fraction of sp³-hybridized carbons (Fsp3) is 0.111. The normalized spacial score (nSPS) is 10.2. The first-order valence-electron chi connectivity index (χ1n) is 7.76. The fourth-order valence-corrected chi connectivity index (χ4v) is 2.25.